The van der Waals surface area contributed by atoms with Crippen molar-refractivity contribution >= 4 is 66.0 Å². The average Bonchev–Trinajstić information content (AvgIpc) is 3.75. The number of para-hydroxylation sites is 2. The topological polar surface area (TPSA) is 106 Å². The number of nitrogens with zero attached hydrogens (tertiary/aromatic N) is 3. The molecule has 0 N–H and O–H groups in total. The molecule has 1 heterocycles. The normalized spacial score (nSPS) is 11.2. The summed E-state index contributed by atoms with van der Waals surface area (Å²) in [5.41, 5.74) is 12.1. The molecule has 0 fully saturated rings. The molecule has 0 aliphatic carbocycles. The van der Waals surface area contributed by atoms with Crippen LogP contribution in [-0.4, -0.2) is 46.0 Å². The van der Waals surface area contributed by atoms with E-state index in [1.807, 2.05) is 97.1 Å². The molecule has 0 amide bonds. The van der Waals surface area contributed by atoms with E-state index in [1.54, 1.807) is 40.6 Å². The van der Waals surface area contributed by atoms with Crippen LogP contribution in [0, 0.1) is 0 Å². The summed E-state index contributed by atoms with van der Waals surface area (Å²) in [4.78, 5) is 4.06. The largest absolute Gasteiger partial charge is 1.00 e. The molecule has 0 unspecified atom stereocenters. The van der Waals surface area contributed by atoms with Gasteiger partial charge in [-0.3, -0.25) is 0 Å². The summed E-state index contributed by atoms with van der Waals surface area (Å²) < 4.78 is 60.6. The quantitative estimate of drug-likeness (QED) is 0.0778. The summed E-state index contributed by atoms with van der Waals surface area (Å²) in [5, 5.41) is 2.02. The molecule has 0 radical (unpaired) electrons. The van der Waals surface area contributed by atoms with Crippen LogP contribution in [0.2, 0.25) is 0 Å². The second kappa shape index (κ2) is 20.2. The number of methoxy groups -OCH3 is 4. The number of hydrogen-bond acceptors (Lipinski definition) is 9. The number of rotatable bonds is 14. The molecule has 0 saturated carbocycles. The molecule has 0 aliphatic heterocycles. The van der Waals surface area contributed by atoms with Gasteiger partial charge in [-0.05, 0) is 157 Å². The third-order valence-electron chi connectivity index (χ3n) is 12.4. The number of fused-ring (bicyclic) bond motifs is 3. The molecular formula is C58H46N3NaO7S. The van der Waals surface area contributed by atoms with Gasteiger partial charge in [0.25, 0.3) is 0 Å². The van der Waals surface area contributed by atoms with Gasteiger partial charge in [0.2, 0.25) is 0 Å². The minimum atomic E-state index is -4.69. The van der Waals surface area contributed by atoms with Gasteiger partial charge in [-0.25, -0.2) is 8.42 Å². The van der Waals surface area contributed by atoms with Gasteiger partial charge in [0.15, 0.2) is 0 Å². The van der Waals surface area contributed by atoms with Crippen molar-refractivity contribution in [1.82, 2.24) is 4.57 Å². The molecule has 0 spiro atoms. The zero-order valence-electron chi connectivity index (χ0n) is 39.2. The van der Waals surface area contributed by atoms with Crippen molar-refractivity contribution in [3.05, 3.63) is 206 Å². The van der Waals surface area contributed by atoms with Crippen molar-refractivity contribution in [1.29, 1.82) is 0 Å². The van der Waals surface area contributed by atoms with Crippen LogP contribution in [0.1, 0.15) is 0 Å². The SMILES string of the molecule is COc1ccc(N(c2ccc(OC)cc2)c2ccc(-c3cccc4c5cccc(-c6ccc(N(c7ccc(OC)cc7)c7ccc(OC)cc7)cc6)c5n(-c5ccc(S(=O)(=O)[O-])cc5)c34)cc2)cc1.[Na+]. The van der Waals surface area contributed by atoms with Crippen LogP contribution in [0.4, 0.5) is 34.1 Å². The van der Waals surface area contributed by atoms with Gasteiger partial charge >= 0.3 is 29.6 Å². The second-order valence-corrected chi connectivity index (χ2v) is 17.6. The molecule has 70 heavy (non-hydrogen) atoms. The van der Waals surface area contributed by atoms with Gasteiger partial charge in [-0.1, -0.05) is 60.7 Å². The van der Waals surface area contributed by atoms with Gasteiger partial charge in [0.1, 0.15) is 33.1 Å². The van der Waals surface area contributed by atoms with Crippen molar-refractivity contribution in [2.75, 3.05) is 38.2 Å². The Labute approximate surface area is 429 Å². The zero-order chi connectivity index (χ0) is 47.6. The third kappa shape index (κ3) is 9.21. The Morgan fingerprint density at radius 2 is 0.671 bits per heavy atom. The predicted molar refractivity (Wildman–Crippen MR) is 275 cm³/mol. The number of benzene rings is 9. The number of anilines is 6. The summed E-state index contributed by atoms with van der Waals surface area (Å²) in [7, 11) is 1.94. The van der Waals surface area contributed by atoms with Gasteiger partial charge in [-0.15, -0.1) is 0 Å². The number of ether oxygens (including phenoxy) is 4. The second-order valence-electron chi connectivity index (χ2n) is 16.2. The maximum atomic E-state index is 12.2. The summed E-state index contributed by atoms with van der Waals surface area (Å²) in [6, 6.07) is 67.5. The van der Waals surface area contributed by atoms with E-state index in [1.165, 1.54) is 12.1 Å². The molecule has 0 aliphatic rings. The standard InChI is InChI=1S/C58H47N3O7S.Na/c1-65-48-29-19-43(20-30-48)59(44-21-31-49(66-2)32-22-44)41-15-11-39(12-16-41)53-7-5-9-55-56-10-6-8-54(58(56)61(57(53)55)47-27-37-52(38-28-47)69(62,63)64)40-13-17-42(18-14-40)60(45-23-33-50(67-3)34-24-45)46-25-35-51(68-4)36-26-46;/h5-38H,1-4H3,(H,62,63,64);/q;+1/p-1. The van der Waals surface area contributed by atoms with Crippen molar-refractivity contribution < 1.29 is 61.5 Å². The first-order valence-corrected chi connectivity index (χ1v) is 23.6. The first-order chi connectivity index (χ1) is 33.6. The minimum absolute atomic E-state index is 0. The van der Waals surface area contributed by atoms with E-state index in [0.717, 1.165) is 101 Å². The summed E-state index contributed by atoms with van der Waals surface area (Å²) in [5.74, 6) is 3.05. The Balaban J connectivity index is 0.00000608. The Bertz CT molecular complexity index is 3240. The maximum Gasteiger partial charge on any atom is 1.00 e. The summed E-state index contributed by atoms with van der Waals surface area (Å²) in [6.45, 7) is 0. The van der Waals surface area contributed by atoms with E-state index in [0.29, 0.717) is 5.69 Å². The van der Waals surface area contributed by atoms with Crippen LogP contribution in [0.15, 0.2) is 211 Å². The third-order valence-corrected chi connectivity index (χ3v) is 13.2. The monoisotopic (exact) mass is 951 g/mol. The van der Waals surface area contributed by atoms with E-state index in [4.69, 9.17) is 18.9 Å². The van der Waals surface area contributed by atoms with Crippen LogP contribution in [0.25, 0.3) is 49.7 Å². The summed E-state index contributed by atoms with van der Waals surface area (Å²) >= 11 is 0. The molecule has 1 aromatic heterocycles. The molecule has 10 aromatic rings. The maximum absolute atomic E-state index is 12.2. The van der Waals surface area contributed by atoms with Gasteiger partial charge in [0, 0.05) is 61.7 Å². The van der Waals surface area contributed by atoms with E-state index >= 15 is 0 Å². The molecule has 0 atom stereocenters. The molecule has 12 heteroatoms. The van der Waals surface area contributed by atoms with E-state index < -0.39 is 10.1 Å². The molecule has 9 aromatic carbocycles. The molecule has 342 valence electrons. The van der Waals surface area contributed by atoms with E-state index in [2.05, 4.69) is 99.3 Å². The van der Waals surface area contributed by atoms with E-state index in [9.17, 15) is 13.0 Å². The van der Waals surface area contributed by atoms with Crippen molar-refractivity contribution in [2.45, 2.75) is 4.90 Å². The Hall–Kier alpha value is -7.51. The summed E-state index contributed by atoms with van der Waals surface area (Å²) in [6.07, 6.45) is 0. The van der Waals surface area contributed by atoms with Crippen molar-refractivity contribution in [2.24, 2.45) is 0 Å². The van der Waals surface area contributed by atoms with Crippen molar-refractivity contribution in [3.8, 4) is 50.9 Å². The van der Waals surface area contributed by atoms with Crippen LogP contribution in [-0.2, 0) is 10.1 Å². The number of hydrogen-bond donors (Lipinski definition) is 0. The van der Waals surface area contributed by atoms with Crippen LogP contribution in [0.3, 0.4) is 0 Å². The first-order valence-electron chi connectivity index (χ1n) is 22.2. The molecule has 0 saturated heterocycles. The van der Waals surface area contributed by atoms with Crippen molar-refractivity contribution in [3.63, 3.8) is 0 Å². The molecule has 10 nitrogen and oxygen atoms in total. The molecule has 10 rings (SSSR count). The zero-order valence-corrected chi connectivity index (χ0v) is 42.1. The number of aromatic nitrogens is 1. The Kier molecular flexibility index (Phi) is 13.7. The smallest absolute Gasteiger partial charge is 0.744 e. The Morgan fingerprint density at radius 3 is 0.943 bits per heavy atom. The van der Waals surface area contributed by atoms with Gasteiger partial charge < -0.3 is 37.9 Å². The fraction of sp³-hybridized carbons (Fsp3) is 0.0690. The fourth-order valence-electron chi connectivity index (χ4n) is 9.00. The fourth-order valence-corrected chi connectivity index (χ4v) is 9.47. The molecular weight excluding hydrogens is 906 g/mol. The van der Waals surface area contributed by atoms with Crippen LogP contribution >= 0.6 is 0 Å². The van der Waals surface area contributed by atoms with Gasteiger partial charge in [0.05, 0.1) is 44.4 Å². The van der Waals surface area contributed by atoms with E-state index in [-0.39, 0.29) is 34.5 Å². The van der Waals surface area contributed by atoms with Crippen LogP contribution < -0.4 is 58.3 Å². The molecule has 0 bridgehead atoms. The van der Waals surface area contributed by atoms with Crippen LogP contribution in [0.5, 0.6) is 23.0 Å². The average molecular weight is 952 g/mol. The van der Waals surface area contributed by atoms with Gasteiger partial charge in [-0.2, -0.15) is 0 Å². The first kappa shape index (κ1) is 47.6. The Morgan fingerprint density at radius 1 is 0.386 bits per heavy atom. The predicted octanol–water partition coefficient (Wildman–Crippen LogP) is 11.0. The minimum Gasteiger partial charge on any atom is -0.744 e.